The maximum absolute atomic E-state index is 13.9. The van der Waals surface area contributed by atoms with E-state index in [0.29, 0.717) is 17.1 Å². The van der Waals surface area contributed by atoms with Crippen molar-refractivity contribution in [3.8, 4) is 11.1 Å². The number of piperidine rings is 1. The van der Waals surface area contributed by atoms with Crippen molar-refractivity contribution in [2.45, 2.75) is 43.8 Å². The number of nitrogens with two attached hydrogens (primary N) is 1. The number of carbonyl (C=O) groups is 1. The highest BCUT2D eigenvalue weighted by Crippen LogP contribution is 2.38. The fourth-order valence-electron chi connectivity index (χ4n) is 5.96. The second-order valence-corrected chi connectivity index (χ2v) is 10.8. The maximum Gasteiger partial charge on any atom is 0.319 e. The van der Waals surface area contributed by atoms with Crippen LogP contribution in [0.3, 0.4) is 0 Å². The van der Waals surface area contributed by atoms with Gasteiger partial charge in [-0.25, -0.2) is 13.9 Å². The Morgan fingerprint density at radius 2 is 1.95 bits per heavy atom. The molecule has 208 valence electrons. The molecule has 1 aromatic carbocycles. The number of methoxy groups -OCH3 is 1. The molecule has 2 saturated heterocycles. The number of carbonyl (C=O) groups excluding carboxylic acids is 1. The topological polar surface area (TPSA) is 115 Å². The predicted octanol–water partition coefficient (Wildman–Crippen LogP) is 4.14. The summed E-state index contributed by atoms with van der Waals surface area (Å²) in [4.78, 5) is 18.7. The molecule has 4 aromatic rings. The van der Waals surface area contributed by atoms with Gasteiger partial charge in [0.25, 0.3) is 0 Å². The second kappa shape index (κ2) is 10.5. The highest BCUT2D eigenvalue weighted by atomic mass is 35.5. The Morgan fingerprint density at radius 3 is 2.65 bits per heavy atom. The molecule has 2 aliphatic heterocycles. The van der Waals surface area contributed by atoms with Crippen molar-refractivity contribution in [1.29, 1.82) is 0 Å². The fourth-order valence-corrected chi connectivity index (χ4v) is 6.12. The van der Waals surface area contributed by atoms with E-state index in [0.717, 1.165) is 48.0 Å². The van der Waals surface area contributed by atoms with Gasteiger partial charge < -0.3 is 15.8 Å². The van der Waals surface area contributed by atoms with E-state index in [9.17, 15) is 9.18 Å². The van der Waals surface area contributed by atoms with Gasteiger partial charge in [0.05, 0.1) is 53.5 Å². The first kappa shape index (κ1) is 26.3. The van der Waals surface area contributed by atoms with E-state index in [4.69, 9.17) is 22.1 Å². The highest BCUT2D eigenvalue weighted by Gasteiger charge is 2.41. The van der Waals surface area contributed by atoms with Crippen molar-refractivity contribution < 1.29 is 13.9 Å². The Hall–Kier alpha value is -3.96. The Balaban J connectivity index is 1.38. The molecule has 2 aliphatic rings. The van der Waals surface area contributed by atoms with Crippen molar-refractivity contribution in [2.24, 2.45) is 17.8 Å². The smallest absolute Gasteiger partial charge is 0.319 e. The largest absolute Gasteiger partial charge is 0.468 e. The monoisotopic (exact) mass is 564 g/mol. The van der Waals surface area contributed by atoms with Crippen LogP contribution in [0.5, 0.6) is 0 Å². The number of aryl methyl sites for hydroxylation is 1. The normalized spacial score (nSPS) is 21.2. The average Bonchev–Trinajstić information content (AvgIpc) is 3.62. The zero-order valence-electron chi connectivity index (χ0n) is 22.2. The van der Waals surface area contributed by atoms with Gasteiger partial charge in [-0.3, -0.25) is 14.4 Å². The van der Waals surface area contributed by atoms with Crippen molar-refractivity contribution in [2.75, 3.05) is 19.0 Å². The molecule has 0 saturated carbocycles. The number of nitrogens with zero attached hydrogens (tertiary/aromatic N) is 6. The summed E-state index contributed by atoms with van der Waals surface area (Å²) in [7, 11) is 3.30. The molecule has 10 nitrogen and oxygen atoms in total. The zero-order valence-corrected chi connectivity index (χ0v) is 23.0. The van der Waals surface area contributed by atoms with Gasteiger partial charge >= 0.3 is 5.97 Å². The van der Waals surface area contributed by atoms with E-state index in [1.165, 1.54) is 25.3 Å². The number of esters is 1. The van der Waals surface area contributed by atoms with E-state index < -0.39 is 5.82 Å². The number of hydrogen-bond acceptors (Lipinski definition) is 7. The number of amidine groups is 1. The van der Waals surface area contributed by atoms with E-state index in [2.05, 4.69) is 25.4 Å². The minimum absolute atomic E-state index is 0.138. The number of nitrogens with one attached hydrogen (secondary N) is 1. The molecule has 6 rings (SSSR count). The summed E-state index contributed by atoms with van der Waals surface area (Å²) in [5.41, 5.74) is 10.9. The summed E-state index contributed by atoms with van der Waals surface area (Å²) >= 11 is 6.28. The SMILES string of the molecule is COC(=O)CN1[C@@H]2CC[C@H]1CC(Nc1c(C(N)=Nc3cc(F)ccc3Cl)cnn3cc(-c4cnn(C)c4)cc13)C2. The number of hydrogen-bond donors (Lipinski definition) is 2. The summed E-state index contributed by atoms with van der Waals surface area (Å²) in [6.45, 7) is 0.310. The third-order valence-electron chi connectivity index (χ3n) is 7.87. The van der Waals surface area contributed by atoms with E-state index >= 15 is 0 Å². The second-order valence-electron chi connectivity index (χ2n) is 10.4. The molecule has 2 fully saturated rings. The molecule has 3 atom stereocenters. The van der Waals surface area contributed by atoms with Crippen molar-refractivity contribution in [3.05, 3.63) is 65.5 Å². The summed E-state index contributed by atoms with van der Waals surface area (Å²) in [5.74, 6) is -0.498. The lowest BCUT2D eigenvalue weighted by atomic mass is 9.96. The van der Waals surface area contributed by atoms with Crippen LogP contribution in [0.4, 0.5) is 15.8 Å². The molecule has 0 amide bonds. The molecular weight excluding hydrogens is 535 g/mol. The van der Waals surface area contributed by atoms with Crippen LogP contribution >= 0.6 is 11.6 Å². The molecule has 2 bridgehead atoms. The lowest BCUT2D eigenvalue weighted by Crippen LogP contribution is -2.49. The summed E-state index contributed by atoms with van der Waals surface area (Å²) in [6, 6.07) is 6.73. The first-order chi connectivity index (χ1) is 19.3. The van der Waals surface area contributed by atoms with Gasteiger partial charge in [0.15, 0.2) is 0 Å². The minimum atomic E-state index is -0.454. The average molecular weight is 565 g/mol. The molecule has 1 unspecified atom stereocenters. The number of ether oxygens (including phenoxy) is 1. The van der Waals surface area contributed by atoms with Crippen LogP contribution in [0.25, 0.3) is 16.6 Å². The number of benzene rings is 1. The van der Waals surface area contributed by atoms with Gasteiger partial charge in [-0.2, -0.15) is 10.2 Å². The summed E-state index contributed by atoms with van der Waals surface area (Å²) < 4.78 is 22.4. The highest BCUT2D eigenvalue weighted by molar-refractivity contribution is 6.33. The number of fused-ring (bicyclic) bond motifs is 3. The van der Waals surface area contributed by atoms with Gasteiger partial charge in [0.1, 0.15) is 11.7 Å². The van der Waals surface area contributed by atoms with Crippen LogP contribution in [0.1, 0.15) is 31.2 Å². The quantitative estimate of drug-likeness (QED) is 0.197. The lowest BCUT2D eigenvalue weighted by Gasteiger charge is -2.39. The molecule has 3 N–H and O–H groups in total. The molecule has 12 heteroatoms. The number of rotatable bonds is 7. The molecule has 40 heavy (non-hydrogen) atoms. The predicted molar refractivity (Wildman–Crippen MR) is 151 cm³/mol. The fraction of sp³-hybridized carbons (Fsp3) is 0.357. The van der Waals surface area contributed by atoms with Gasteiger partial charge in [0.2, 0.25) is 0 Å². The number of anilines is 1. The Kier molecular flexibility index (Phi) is 6.93. The molecule has 0 spiro atoms. The van der Waals surface area contributed by atoms with Gasteiger partial charge in [-0.15, -0.1) is 0 Å². The summed E-state index contributed by atoms with van der Waals surface area (Å²) in [5, 5.41) is 13.0. The van der Waals surface area contributed by atoms with Crippen LogP contribution in [0.15, 0.2) is 54.0 Å². The standard InChI is InChI=1S/C28H30ClFN8O2/c1-36-13-17(11-32-36)16-7-25-27(34-19-9-20-4-5-21(10-19)37(20)15-26(39)40-2)22(12-33-38(25)14-16)28(31)35-24-8-18(30)3-6-23(24)29/h3,6-8,11-14,19-21,34H,4-5,9-10,15H2,1-2H3,(H2,31,35)/t19?,20-,21+. The number of aliphatic imine (C=N–C) groups is 1. The lowest BCUT2D eigenvalue weighted by molar-refractivity contribution is -0.143. The summed E-state index contributed by atoms with van der Waals surface area (Å²) in [6.07, 6.45) is 11.2. The van der Waals surface area contributed by atoms with Crippen LogP contribution in [-0.2, 0) is 16.6 Å². The van der Waals surface area contributed by atoms with Crippen LogP contribution in [0, 0.1) is 5.82 Å². The molecule has 0 radical (unpaired) electrons. The van der Waals surface area contributed by atoms with Crippen molar-refractivity contribution in [1.82, 2.24) is 24.3 Å². The molecule has 0 aliphatic carbocycles. The Labute approximate surface area is 235 Å². The molecule has 3 aromatic heterocycles. The molecule has 5 heterocycles. The van der Waals surface area contributed by atoms with Gasteiger partial charge in [0, 0.05) is 54.8 Å². The van der Waals surface area contributed by atoms with E-state index in [1.54, 1.807) is 21.6 Å². The third kappa shape index (κ3) is 5.02. The van der Waals surface area contributed by atoms with Crippen molar-refractivity contribution in [3.63, 3.8) is 0 Å². The maximum atomic E-state index is 13.9. The third-order valence-corrected chi connectivity index (χ3v) is 8.19. The Bertz CT molecular complexity index is 1600. The van der Waals surface area contributed by atoms with Gasteiger partial charge in [-0.1, -0.05) is 11.6 Å². The first-order valence-corrected chi connectivity index (χ1v) is 13.6. The van der Waals surface area contributed by atoms with Gasteiger partial charge in [-0.05, 0) is 43.9 Å². The zero-order chi connectivity index (χ0) is 28.0. The number of halogens is 2. The molecular formula is C28H30ClFN8O2. The van der Waals surface area contributed by atoms with Crippen molar-refractivity contribution >= 4 is 40.3 Å². The minimum Gasteiger partial charge on any atom is -0.468 e. The van der Waals surface area contributed by atoms with Crippen LogP contribution in [-0.4, -0.2) is 67.9 Å². The van der Waals surface area contributed by atoms with E-state index in [1.807, 2.05) is 25.5 Å². The van der Waals surface area contributed by atoms with Crippen LogP contribution in [0.2, 0.25) is 5.02 Å². The first-order valence-electron chi connectivity index (χ1n) is 13.2. The Morgan fingerprint density at radius 1 is 1.18 bits per heavy atom. The number of aromatic nitrogens is 4. The van der Waals surface area contributed by atoms with Crippen LogP contribution < -0.4 is 11.1 Å². The van der Waals surface area contributed by atoms with E-state index in [-0.39, 0.29) is 35.6 Å².